The minimum atomic E-state index is -0.103. The molecule has 0 radical (unpaired) electrons. The maximum atomic E-state index is 13.3. The first kappa shape index (κ1) is 61.0. The second-order valence-electron chi connectivity index (χ2n) is 20.3. The van der Waals surface area contributed by atoms with E-state index in [0.717, 1.165) is 38.5 Å². The summed E-state index contributed by atoms with van der Waals surface area (Å²) in [5, 5.41) is 6.25. The second-order valence-corrected chi connectivity index (χ2v) is 20.3. The monoisotopic (exact) mass is 909 g/mol. The number of unbranched alkanes of at least 4 members (excludes halogenated alkanes) is 43. The van der Waals surface area contributed by atoms with E-state index >= 15 is 0 Å². The summed E-state index contributed by atoms with van der Waals surface area (Å²) >= 11 is 0. The Bertz CT molecular complexity index is 1150. The van der Waals surface area contributed by atoms with Gasteiger partial charge in [-0.25, -0.2) is 0 Å². The number of amides is 2. The summed E-state index contributed by atoms with van der Waals surface area (Å²) in [5.41, 5.74) is 1.10. The SMILES string of the molecule is CCCCCCCCCCCCCCCCCCCCCCCNC(=O)c1ccc(C(=O)NCCCCCCCCCCCCCCCCCCCCCCC)c(OCCCCCC)c1. The number of benzene rings is 1. The van der Waals surface area contributed by atoms with Crippen molar-refractivity contribution >= 4 is 11.8 Å². The first-order valence-electron chi connectivity index (χ1n) is 29.5. The number of hydrogen-bond acceptors (Lipinski definition) is 3. The molecule has 65 heavy (non-hydrogen) atoms. The fraction of sp³-hybridized carbons (Fsp3) is 0.867. The molecule has 0 aliphatic carbocycles. The average molecular weight is 910 g/mol. The van der Waals surface area contributed by atoms with Gasteiger partial charge in [-0.2, -0.15) is 0 Å². The highest BCUT2D eigenvalue weighted by Crippen LogP contribution is 2.23. The van der Waals surface area contributed by atoms with Crippen molar-refractivity contribution in [2.45, 2.75) is 316 Å². The molecule has 0 bridgehead atoms. The zero-order valence-electron chi connectivity index (χ0n) is 44.1. The molecule has 1 aromatic rings. The highest BCUT2D eigenvalue weighted by molar-refractivity contribution is 6.00. The molecule has 0 aliphatic heterocycles. The van der Waals surface area contributed by atoms with E-state index in [4.69, 9.17) is 4.74 Å². The van der Waals surface area contributed by atoms with Gasteiger partial charge in [0.05, 0.1) is 12.2 Å². The van der Waals surface area contributed by atoms with Crippen molar-refractivity contribution in [2.75, 3.05) is 19.7 Å². The zero-order chi connectivity index (χ0) is 46.8. The number of hydrogen-bond donors (Lipinski definition) is 2. The van der Waals surface area contributed by atoms with Crippen LogP contribution in [0, 0.1) is 0 Å². The first-order valence-corrected chi connectivity index (χ1v) is 29.5. The molecule has 1 aromatic carbocycles. The summed E-state index contributed by atoms with van der Waals surface area (Å²) < 4.78 is 6.16. The Morgan fingerprint density at radius 1 is 0.338 bits per heavy atom. The topological polar surface area (TPSA) is 67.4 Å². The molecule has 2 amide bonds. The van der Waals surface area contributed by atoms with Gasteiger partial charge in [0, 0.05) is 18.7 Å². The van der Waals surface area contributed by atoms with E-state index < -0.39 is 0 Å². The fourth-order valence-electron chi connectivity index (χ4n) is 9.40. The van der Waals surface area contributed by atoms with Gasteiger partial charge in [-0.3, -0.25) is 9.59 Å². The van der Waals surface area contributed by atoms with Crippen molar-refractivity contribution in [2.24, 2.45) is 0 Å². The minimum Gasteiger partial charge on any atom is -0.493 e. The Kier molecular flexibility index (Phi) is 46.8. The van der Waals surface area contributed by atoms with Gasteiger partial charge in [0.25, 0.3) is 11.8 Å². The van der Waals surface area contributed by atoms with Gasteiger partial charge in [0.1, 0.15) is 5.75 Å². The van der Waals surface area contributed by atoms with Crippen LogP contribution >= 0.6 is 0 Å². The van der Waals surface area contributed by atoms with Crippen LogP contribution in [0.15, 0.2) is 18.2 Å². The van der Waals surface area contributed by atoms with Crippen LogP contribution in [0.25, 0.3) is 0 Å². The molecular formula is C60H112N2O3. The number of nitrogens with one attached hydrogen (secondary N) is 2. The zero-order valence-corrected chi connectivity index (χ0v) is 44.1. The van der Waals surface area contributed by atoms with Crippen LogP contribution in [0.5, 0.6) is 5.75 Å². The van der Waals surface area contributed by atoms with E-state index in [1.54, 1.807) is 18.2 Å². The Labute approximate surface area is 406 Å². The molecule has 0 aromatic heterocycles. The summed E-state index contributed by atoms with van der Waals surface area (Å²) in [5.74, 6) is 0.341. The Morgan fingerprint density at radius 3 is 0.908 bits per heavy atom. The molecule has 0 atom stereocenters. The van der Waals surface area contributed by atoms with E-state index in [9.17, 15) is 9.59 Å². The van der Waals surface area contributed by atoms with E-state index in [-0.39, 0.29) is 11.8 Å². The van der Waals surface area contributed by atoms with Crippen molar-refractivity contribution in [3.8, 4) is 5.75 Å². The van der Waals surface area contributed by atoms with E-state index in [0.29, 0.717) is 36.6 Å². The molecule has 0 aliphatic rings. The van der Waals surface area contributed by atoms with E-state index in [1.165, 1.54) is 257 Å². The predicted octanol–water partition coefficient (Wildman–Crippen LogP) is 19.5. The molecule has 1 rings (SSSR count). The van der Waals surface area contributed by atoms with E-state index in [2.05, 4.69) is 31.4 Å². The Morgan fingerprint density at radius 2 is 0.600 bits per heavy atom. The number of carbonyl (C=O) groups is 2. The minimum absolute atomic E-state index is 0.0828. The summed E-state index contributed by atoms with van der Waals surface area (Å²) in [7, 11) is 0. The lowest BCUT2D eigenvalue weighted by Crippen LogP contribution is -2.26. The van der Waals surface area contributed by atoms with Crippen molar-refractivity contribution in [3.63, 3.8) is 0 Å². The molecule has 5 nitrogen and oxygen atoms in total. The molecule has 0 saturated carbocycles. The first-order chi connectivity index (χ1) is 32.1. The van der Waals surface area contributed by atoms with Crippen molar-refractivity contribution in [3.05, 3.63) is 29.3 Å². The average Bonchev–Trinajstić information content (AvgIpc) is 3.32. The summed E-state index contributed by atoms with van der Waals surface area (Å²) in [6.45, 7) is 8.72. The number of carbonyl (C=O) groups excluding carboxylic acids is 2. The van der Waals surface area contributed by atoms with Crippen LogP contribution in [-0.2, 0) is 0 Å². The van der Waals surface area contributed by atoms with Gasteiger partial charge < -0.3 is 15.4 Å². The smallest absolute Gasteiger partial charge is 0.255 e. The number of rotatable bonds is 52. The highest BCUT2D eigenvalue weighted by atomic mass is 16.5. The Balaban J connectivity index is 2.13. The second kappa shape index (κ2) is 49.9. The molecule has 2 N–H and O–H groups in total. The third-order valence-corrected chi connectivity index (χ3v) is 13.9. The van der Waals surface area contributed by atoms with Crippen LogP contribution in [-0.4, -0.2) is 31.5 Å². The maximum absolute atomic E-state index is 13.3. The van der Waals surface area contributed by atoms with Crippen LogP contribution in [0.4, 0.5) is 0 Å². The van der Waals surface area contributed by atoms with Crippen molar-refractivity contribution in [1.82, 2.24) is 10.6 Å². The third-order valence-electron chi connectivity index (χ3n) is 13.9. The molecular weight excluding hydrogens is 797 g/mol. The third kappa shape index (κ3) is 40.7. The van der Waals surface area contributed by atoms with Gasteiger partial charge in [0.2, 0.25) is 0 Å². The molecule has 0 spiro atoms. The lowest BCUT2D eigenvalue weighted by molar-refractivity contribution is 0.0937. The fourth-order valence-corrected chi connectivity index (χ4v) is 9.40. The lowest BCUT2D eigenvalue weighted by Gasteiger charge is -2.14. The summed E-state index contributed by atoms with van der Waals surface area (Å²) in [6, 6.07) is 5.34. The largest absolute Gasteiger partial charge is 0.493 e. The predicted molar refractivity (Wildman–Crippen MR) is 286 cm³/mol. The van der Waals surface area contributed by atoms with Crippen LogP contribution in [0.3, 0.4) is 0 Å². The molecule has 0 fully saturated rings. The van der Waals surface area contributed by atoms with E-state index in [1.807, 2.05) is 0 Å². The molecule has 0 heterocycles. The number of ether oxygens (including phenoxy) is 1. The quantitative estimate of drug-likeness (QED) is 0.0640. The van der Waals surface area contributed by atoms with Gasteiger partial charge in [-0.05, 0) is 37.5 Å². The van der Waals surface area contributed by atoms with Gasteiger partial charge in [0.15, 0.2) is 0 Å². The molecule has 0 unspecified atom stereocenters. The molecule has 5 heteroatoms. The van der Waals surface area contributed by atoms with Gasteiger partial charge in [-0.1, -0.05) is 297 Å². The summed E-state index contributed by atoms with van der Waals surface area (Å²) in [4.78, 5) is 26.4. The van der Waals surface area contributed by atoms with Gasteiger partial charge in [-0.15, -0.1) is 0 Å². The van der Waals surface area contributed by atoms with Crippen LogP contribution in [0.1, 0.15) is 337 Å². The van der Waals surface area contributed by atoms with Crippen LogP contribution in [0.2, 0.25) is 0 Å². The van der Waals surface area contributed by atoms with Crippen molar-refractivity contribution < 1.29 is 14.3 Å². The van der Waals surface area contributed by atoms with Crippen LogP contribution < -0.4 is 15.4 Å². The Hall–Kier alpha value is -2.04. The molecule has 0 saturated heterocycles. The lowest BCUT2D eigenvalue weighted by atomic mass is 10.0. The van der Waals surface area contributed by atoms with Crippen molar-refractivity contribution in [1.29, 1.82) is 0 Å². The summed E-state index contributed by atoms with van der Waals surface area (Å²) in [6.07, 6.45) is 62.0. The maximum Gasteiger partial charge on any atom is 0.255 e. The molecule has 380 valence electrons. The highest BCUT2D eigenvalue weighted by Gasteiger charge is 2.16. The van der Waals surface area contributed by atoms with Gasteiger partial charge >= 0.3 is 0 Å². The standard InChI is InChI=1S/C60H112N2O3/c1-4-7-10-13-15-17-19-21-23-25-27-29-31-33-35-37-39-41-43-45-47-52-61-59(63)56-50-51-57(58(55-56)65-54-49-12-9-6-3)60(64)62-53-48-46-44-42-40-38-36-34-32-30-28-26-24-22-20-18-16-14-11-8-5-2/h50-51,55H,4-49,52-54H2,1-3H3,(H,61,63)(H,62,64). The normalized spacial score (nSPS) is 11.4.